The van der Waals surface area contributed by atoms with Gasteiger partial charge in [-0.2, -0.15) is 0 Å². The normalized spacial score (nSPS) is 11.8. The van der Waals surface area contributed by atoms with Crippen molar-refractivity contribution >= 4 is 0 Å². The van der Waals surface area contributed by atoms with E-state index >= 15 is 0 Å². The maximum atomic E-state index is 11.2. The van der Waals surface area contributed by atoms with Gasteiger partial charge in [-0.3, -0.25) is 14.6 Å². The highest BCUT2D eigenvalue weighted by atomic mass is 16.1. The zero-order valence-corrected chi connectivity index (χ0v) is 10.7. The van der Waals surface area contributed by atoms with Crippen molar-refractivity contribution in [3.05, 3.63) is 51.9 Å². The Hall–Kier alpha value is -1.77. The Kier molecular flexibility index (Phi) is 2.69. The van der Waals surface area contributed by atoms with Crippen LogP contribution >= 0.6 is 0 Å². The second kappa shape index (κ2) is 3.91. The fourth-order valence-corrected chi connectivity index (χ4v) is 1.86. The van der Waals surface area contributed by atoms with Crippen LogP contribution in [0, 0.1) is 6.92 Å². The van der Waals surface area contributed by atoms with Gasteiger partial charge < -0.3 is 0 Å². The minimum atomic E-state index is -0.0672. The number of benzene rings is 1. The van der Waals surface area contributed by atoms with Crippen molar-refractivity contribution in [2.75, 3.05) is 0 Å². The molecule has 0 spiro atoms. The van der Waals surface area contributed by atoms with Crippen LogP contribution in [0.25, 0.3) is 5.69 Å². The number of hydrogen-bond acceptors (Lipinski definition) is 1. The first-order valence-electron chi connectivity index (χ1n) is 5.77. The number of nitrogens with one attached hydrogen (secondary N) is 1. The summed E-state index contributed by atoms with van der Waals surface area (Å²) in [5.41, 5.74) is 3.27. The molecule has 1 aromatic carbocycles. The molecule has 0 saturated heterocycles. The van der Waals surface area contributed by atoms with Gasteiger partial charge in [0.2, 0.25) is 0 Å². The minimum Gasteiger partial charge on any atom is -0.268 e. The quantitative estimate of drug-likeness (QED) is 0.803. The summed E-state index contributed by atoms with van der Waals surface area (Å²) in [5, 5.41) is 2.78. The fraction of sp³-hybridized carbons (Fsp3) is 0.357. The molecule has 0 aliphatic heterocycles. The lowest BCUT2D eigenvalue weighted by atomic mass is 9.87. The summed E-state index contributed by atoms with van der Waals surface area (Å²) in [4.78, 5) is 11.2. The summed E-state index contributed by atoms with van der Waals surface area (Å²) in [7, 11) is 0. The Morgan fingerprint density at radius 1 is 1.12 bits per heavy atom. The highest BCUT2D eigenvalue weighted by Crippen LogP contribution is 2.23. The Labute approximate surface area is 101 Å². The molecule has 2 aromatic rings. The number of aromatic nitrogens is 2. The van der Waals surface area contributed by atoms with E-state index in [1.165, 1.54) is 5.56 Å². The van der Waals surface area contributed by atoms with Crippen LogP contribution < -0.4 is 5.56 Å². The van der Waals surface area contributed by atoms with E-state index < -0.39 is 0 Å². The average Bonchev–Trinajstić information content (AvgIpc) is 2.57. The smallest absolute Gasteiger partial charge is 0.264 e. The first kappa shape index (κ1) is 11.7. The van der Waals surface area contributed by atoms with E-state index in [2.05, 4.69) is 38.0 Å². The molecule has 17 heavy (non-hydrogen) atoms. The minimum absolute atomic E-state index is 0.0672. The molecular weight excluding hydrogens is 212 g/mol. The van der Waals surface area contributed by atoms with E-state index in [0.29, 0.717) is 0 Å². The predicted octanol–water partition coefficient (Wildman–Crippen LogP) is 2.77. The lowest BCUT2D eigenvalue weighted by Gasteiger charge is -2.19. The van der Waals surface area contributed by atoms with Gasteiger partial charge in [-0.05, 0) is 30.0 Å². The van der Waals surface area contributed by atoms with Gasteiger partial charge in [0.15, 0.2) is 0 Å². The summed E-state index contributed by atoms with van der Waals surface area (Å²) >= 11 is 0. The number of nitrogens with zero attached hydrogens (tertiary/aromatic N) is 1. The molecule has 1 heterocycles. The van der Waals surface area contributed by atoms with Crippen LogP contribution in [-0.4, -0.2) is 9.78 Å². The zero-order valence-electron chi connectivity index (χ0n) is 10.7. The monoisotopic (exact) mass is 230 g/mol. The maximum absolute atomic E-state index is 11.2. The average molecular weight is 230 g/mol. The van der Waals surface area contributed by atoms with E-state index in [4.69, 9.17) is 0 Å². The molecule has 0 unspecified atom stereocenters. The molecule has 0 fully saturated rings. The Bertz CT molecular complexity index is 568. The molecule has 1 N–H and O–H groups in total. The summed E-state index contributed by atoms with van der Waals surface area (Å²) in [5.74, 6) is 0. The zero-order chi connectivity index (χ0) is 12.6. The molecule has 0 aliphatic carbocycles. The van der Waals surface area contributed by atoms with Crippen LogP contribution in [0.15, 0.2) is 35.1 Å². The highest BCUT2D eigenvalue weighted by molar-refractivity contribution is 5.37. The van der Waals surface area contributed by atoms with Crippen LogP contribution in [0.4, 0.5) is 0 Å². The molecule has 90 valence electrons. The van der Waals surface area contributed by atoms with E-state index in [0.717, 1.165) is 11.4 Å². The van der Waals surface area contributed by atoms with Crippen molar-refractivity contribution in [2.45, 2.75) is 33.1 Å². The van der Waals surface area contributed by atoms with Gasteiger partial charge in [-0.15, -0.1) is 0 Å². The number of hydrogen-bond donors (Lipinski definition) is 1. The van der Waals surface area contributed by atoms with Crippen molar-refractivity contribution in [2.24, 2.45) is 0 Å². The Morgan fingerprint density at radius 3 is 2.12 bits per heavy atom. The summed E-state index contributed by atoms with van der Waals surface area (Å²) in [6.07, 6.45) is 0. The van der Waals surface area contributed by atoms with Crippen molar-refractivity contribution in [1.29, 1.82) is 0 Å². The lowest BCUT2D eigenvalue weighted by Crippen LogP contribution is -2.11. The third kappa shape index (κ3) is 2.33. The molecule has 0 saturated carbocycles. The third-order valence-corrected chi connectivity index (χ3v) is 2.91. The van der Waals surface area contributed by atoms with Gasteiger partial charge in [0, 0.05) is 11.8 Å². The molecule has 0 radical (unpaired) electrons. The van der Waals surface area contributed by atoms with Crippen molar-refractivity contribution in [1.82, 2.24) is 9.78 Å². The second-order valence-electron chi connectivity index (χ2n) is 5.39. The standard InChI is InChI=1S/C14H18N2O/c1-10-9-13(17)15-16(10)12-7-5-11(6-8-12)14(2,3)4/h5-9H,1-4H3,(H,15,17). The number of rotatable bonds is 1. The van der Waals surface area contributed by atoms with Gasteiger partial charge in [0.1, 0.15) is 0 Å². The van der Waals surface area contributed by atoms with Crippen molar-refractivity contribution in [3.8, 4) is 5.69 Å². The molecule has 3 nitrogen and oxygen atoms in total. The molecule has 2 rings (SSSR count). The predicted molar refractivity (Wildman–Crippen MR) is 69.8 cm³/mol. The summed E-state index contributed by atoms with van der Waals surface area (Å²) in [6, 6.07) is 9.87. The van der Waals surface area contributed by atoms with Crippen molar-refractivity contribution in [3.63, 3.8) is 0 Å². The molecule has 0 amide bonds. The van der Waals surface area contributed by atoms with E-state index in [1.54, 1.807) is 10.7 Å². The van der Waals surface area contributed by atoms with Crippen LogP contribution in [-0.2, 0) is 5.41 Å². The van der Waals surface area contributed by atoms with E-state index in [1.807, 2.05) is 19.1 Å². The molecular formula is C14H18N2O. The topological polar surface area (TPSA) is 37.8 Å². The van der Waals surface area contributed by atoms with Crippen LogP contribution in [0.3, 0.4) is 0 Å². The van der Waals surface area contributed by atoms with Gasteiger partial charge >= 0.3 is 0 Å². The number of aryl methyl sites for hydroxylation is 1. The maximum Gasteiger partial charge on any atom is 0.264 e. The molecule has 0 aliphatic rings. The molecule has 0 atom stereocenters. The van der Waals surface area contributed by atoms with Gasteiger partial charge in [-0.25, -0.2) is 0 Å². The lowest BCUT2D eigenvalue weighted by molar-refractivity contribution is 0.590. The fourth-order valence-electron chi connectivity index (χ4n) is 1.86. The number of aromatic amines is 1. The van der Waals surface area contributed by atoms with Crippen molar-refractivity contribution < 1.29 is 0 Å². The molecule has 1 aromatic heterocycles. The van der Waals surface area contributed by atoms with Gasteiger partial charge in [0.25, 0.3) is 5.56 Å². The Morgan fingerprint density at radius 2 is 1.71 bits per heavy atom. The molecule has 0 bridgehead atoms. The van der Waals surface area contributed by atoms with Crippen LogP contribution in [0.2, 0.25) is 0 Å². The highest BCUT2D eigenvalue weighted by Gasteiger charge is 2.13. The summed E-state index contributed by atoms with van der Waals surface area (Å²) < 4.78 is 1.80. The SMILES string of the molecule is Cc1cc(=O)[nH]n1-c1ccc(C(C)(C)C)cc1. The van der Waals surface area contributed by atoms with Gasteiger partial charge in [-0.1, -0.05) is 32.9 Å². The Balaban J connectivity index is 2.43. The molecule has 3 heteroatoms. The summed E-state index contributed by atoms with van der Waals surface area (Å²) in [6.45, 7) is 8.47. The van der Waals surface area contributed by atoms with Gasteiger partial charge in [0.05, 0.1) is 5.69 Å². The number of H-pyrrole nitrogens is 1. The second-order valence-corrected chi connectivity index (χ2v) is 5.39. The van der Waals surface area contributed by atoms with E-state index in [-0.39, 0.29) is 11.0 Å². The first-order valence-corrected chi connectivity index (χ1v) is 5.77. The third-order valence-electron chi connectivity index (χ3n) is 2.91. The first-order chi connectivity index (χ1) is 7.88. The van der Waals surface area contributed by atoms with Crippen LogP contribution in [0.5, 0.6) is 0 Å². The largest absolute Gasteiger partial charge is 0.268 e. The van der Waals surface area contributed by atoms with Crippen LogP contribution in [0.1, 0.15) is 32.0 Å². The van der Waals surface area contributed by atoms with E-state index in [9.17, 15) is 4.79 Å².